The predicted molar refractivity (Wildman–Crippen MR) is 99.4 cm³/mol. The van der Waals surface area contributed by atoms with Gasteiger partial charge in [0, 0.05) is 37.2 Å². The molecule has 0 aliphatic rings. The van der Waals surface area contributed by atoms with Gasteiger partial charge in [-0.2, -0.15) is 5.10 Å². The third-order valence-electron chi connectivity index (χ3n) is 3.72. The van der Waals surface area contributed by atoms with Crippen LogP contribution in [-0.4, -0.2) is 27.3 Å². The molecule has 0 aliphatic carbocycles. The maximum absolute atomic E-state index is 13.7. The van der Waals surface area contributed by atoms with Crippen molar-refractivity contribution in [2.45, 2.75) is 20.0 Å². The Morgan fingerprint density at radius 3 is 2.81 bits per heavy atom. The molecule has 0 bridgehead atoms. The lowest BCUT2D eigenvalue weighted by molar-refractivity contribution is 0.604. The van der Waals surface area contributed by atoms with Gasteiger partial charge in [0.15, 0.2) is 11.8 Å². The van der Waals surface area contributed by atoms with E-state index < -0.39 is 0 Å². The standard InChI is InChI=1S/C19H21FN6/c1-2-21-19(24-14-16-6-3-4-7-17(16)20)23-13-15-8-10-22-18(12-15)26-11-5-9-25-26/h3-12H,2,13-14H2,1H3,(H2,21,23,24). The van der Waals surface area contributed by atoms with Gasteiger partial charge in [0.25, 0.3) is 0 Å². The Morgan fingerprint density at radius 1 is 1.15 bits per heavy atom. The molecule has 2 aromatic heterocycles. The van der Waals surface area contributed by atoms with Crippen LogP contribution >= 0.6 is 0 Å². The summed E-state index contributed by atoms with van der Waals surface area (Å²) in [4.78, 5) is 8.88. The number of nitrogens with zero attached hydrogens (tertiary/aromatic N) is 4. The number of aliphatic imine (C=N–C) groups is 1. The molecule has 0 atom stereocenters. The van der Waals surface area contributed by atoms with Crippen LogP contribution in [0.15, 0.2) is 66.0 Å². The van der Waals surface area contributed by atoms with Gasteiger partial charge in [-0.1, -0.05) is 18.2 Å². The third-order valence-corrected chi connectivity index (χ3v) is 3.72. The lowest BCUT2D eigenvalue weighted by Gasteiger charge is -2.12. The highest BCUT2D eigenvalue weighted by molar-refractivity contribution is 5.79. The highest BCUT2D eigenvalue weighted by atomic mass is 19.1. The molecule has 7 heteroatoms. The number of hydrogen-bond acceptors (Lipinski definition) is 3. The quantitative estimate of drug-likeness (QED) is 0.529. The Balaban J connectivity index is 1.67. The number of hydrogen-bond donors (Lipinski definition) is 2. The van der Waals surface area contributed by atoms with Gasteiger partial charge in [-0.15, -0.1) is 0 Å². The minimum atomic E-state index is -0.228. The molecule has 0 radical (unpaired) electrons. The zero-order valence-electron chi connectivity index (χ0n) is 14.6. The number of pyridine rings is 1. The fraction of sp³-hybridized carbons (Fsp3) is 0.211. The number of nitrogens with one attached hydrogen (secondary N) is 2. The molecule has 134 valence electrons. The molecule has 0 spiro atoms. The second kappa shape index (κ2) is 8.75. The van der Waals surface area contributed by atoms with Crippen molar-refractivity contribution in [1.82, 2.24) is 25.4 Å². The van der Waals surface area contributed by atoms with Gasteiger partial charge in [-0.05, 0) is 36.8 Å². The van der Waals surface area contributed by atoms with Gasteiger partial charge < -0.3 is 10.6 Å². The third kappa shape index (κ3) is 4.66. The van der Waals surface area contributed by atoms with Gasteiger partial charge >= 0.3 is 0 Å². The average Bonchev–Trinajstić information content (AvgIpc) is 3.20. The second-order valence-electron chi connectivity index (χ2n) is 5.61. The summed E-state index contributed by atoms with van der Waals surface area (Å²) in [5.41, 5.74) is 1.61. The lowest BCUT2D eigenvalue weighted by Crippen LogP contribution is -2.37. The van der Waals surface area contributed by atoms with E-state index in [0.29, 0.717) is 24.6 Å². The molecular weight excluding hydrogens is 331 g/mol. The van der Waals surface area contributed by atoms with Gasteiger partial charge in [-0.3, -0.25) is 0 Å². The summed E-state index contributed by atoms with van der Waals surface area (Å²) < 4.78 is 15.4. The van der Waals surface area contributed by atoms with Crippen molar-refractivity contribution in [2.75, 3.05) is 6.54 Å². The first-order valence-corrected chi connectivity index (χ1v) is 8.47. The smallest absolute Gasteiger partial charge is 0.191 e. The van der Waals surface area contributed by atoms with E-state index in [0.717, 1.165) is 17.9 Å². The molecule has 3 aromatic rings. The Kier molecular flexibility index (Phi) is 5.92. The maximum Gasteiger partial charge on any atom is 0.191 e. The van der Waals surface area contributed by atoms with Crippen LogP contribution in [0, 0.1) is 5.82 Å². The van der Waals surface area contributed by atoms with Crippen LogP contribution < -0.4 is 10.6 Å². The first-order chi connectivity index (χ1) is 12.8. The van der Waals surface area contributed by atoms with Crippen molar-refractivity contribution in [2.24, 2.45) is 4.99 Å². The summed E-state index contributed by atoms with van der Waals surface area (Å²) in [6.07, 6.45) is 5.29. The summed E-state index contributed by atoms with van der Waals surface area (Å²) >= 11 is 0. The Bertz CT molecular complexity index is 860. The van der Waals surface area contributed by atoms with Crippen LogP contribution in [-0.2, 0) is 13.1 Å². The summed E-state index contributed by atoms with van der Waals surface area (Å²) in [7, 11) is 0. The van der Waals surface area contributed by atoms with Crippen LogP contribution in [0.5, 0.6) is 0 Å². The number of rotatable bonds is 6. The van der Waals surface area contributed by atoms with Crippen LogP contribution in [0.4, 0.5) is 4.39 Å². The zero-order valence-corrected chi connectivity index (χ0v) is 14.6. The van der Waals surface area contributed by atoms with Crippen LogP contribution in [0.3, 0.4) is 0 Å². The number of benzene rings is 1. The molecule has 0 unspecified atom stereocenters. The molecule has 1 aromatic carbocycles. The first-order valence-electron chi connectivity index (χ1n) is 8.47. The summed E-state index contributed by atoms with van der Waals surface area (Å²) in [6.45, 7) is 3.55. The van der Waals surface area contributed by atoms with Gasteiger partial charge in [0.1, 0.15) is 5.82 Å². The molecular formula is C19H21FN6. The van der Waals surface area contributed by atoms with E-state index in [-0.39, 0.29) is 5.82 Å². The summed E-state index contributed by atoms with van der Waals surface area (Å²) in [5, 5.41) is 10.5. The van der Waals surface area contributed by atoms with Crippen molar-refractivity contribution in [3.05, 3.63) is 78.0 Å². The second-order valence-corrected chi connectivity index (χ2v) is 5.61. The fourth-order valence-electron chi connectivity index (χ4n) is 2.42. The van der Waals surface area contributed by atoms with E-state index in [9.17, 15) is 4.39 Å². The van der Waals surface area contributed by atoms with Gasteiger partial charge in [0.2, 0.25) is 0 Å². The molecule has 0 fully saturated rings. The van der Waals surface area contributed by atoms with Crippen molar-refractivity contribution in [1.29, 1.82) is 0 Å². The van der Waals surface area contributed by atoms with E-state index >= 15 is 0 Å². The Hall–Kier alpha value is -3.22. The SMILES string of the molecule is CCNC(=NCc1ccnc(-n2cccn2)c1)NCc1ccccc1F. The highest BCUT2D eigenvalue weighted by Crippen LogP contribution is 2.08. The van der Waals surface area contributed by atoms with Crippen LogP contribution in [0.1, 0.15) is 18.1 Å². The molecule has 2 heterocycles. The fourth-order valence-corrected chi connectivity index (χ4v) is 2.42. The monoisotopic (exact) mass is 352 g/mol. The van der Waals surface area contributed by atoms with Crippen molar-refractivity contribution >= 4 is 5.96 Å². The number of halogens is 1. The molecule has 26 heavy (non-hydrogen) atoms. The van der Waals surface area contributed by atoms with Crippen molar-refractivity contribution in [3.63, 3.8) is 0 Å². The molecule has 6 nitrogen and oxygen atoms in total. The lowest BCUT2D eigenvalue weighted by atomic mass is 10.2. The highest BCUT2D eigenvalue weighted by Gasteiger charge is 2.04. The van der Waals surface area contributed by atoms with Crippen LogP contribution in [0.2, 0.25) is 0 Å². The van der Waals surface area contributed by atoms with E-state index in [1.165, 1.54) is 6.07 Å². The first kappa shape index (κ1) is 17.6. The number of aromatic nitrogens is 3. The zero-order chi connectivity index (χ0) is 18.2. The normalized spacial score (nSPS) is 11.4. The molecule has 2 N–H and O–H groups in total. The Morgan fingerprint density at radius 2 is 2.04 bits per heavy atom. The Labute approximate surface area is 151 Å². The maximum atomic E-state index is 13.7. The van der Waals surface area contributed by atoms with E-state index in [4.69, 9.17) is 0 Å². The van der Waals surface area contributed by atoms with Crippen molar-refractivity contribution < 1.29 is 4.39 Å². The largest absolute Gasteiger partial charge is 0.357 e. The van der Waals surface area contributed by atoms with E-state index in [1.54, 1.807) is 29.2 Å². The molecule has 0 amide bonds. The molecule has 0 aliphatic heterocycles. The topological polar surface area (TPSA) is 67.1 Å². The molecule has 0 saturated heterocycles. The van der Waals surface area contributed by atoms with Crippen LogP contribution in [0.25, 0.3) is 5.82 Å². The minimum absolute atomic E-state index is 0.228. The van der Waals surface area contributed by atoms with E-state index in [2.05, 4.69) is 25.7 Å². The average molecular weight is 352 g/mol. The molecule has 0 saturated carbocycles. The summed E-state index contributed by atoms with van der Waals surface area (Å²) in [6, 6.07) is 12.4. The van der Waals surface area contributed by atoms with Gasteiger partial charge in [-0.25, -0.2) is 19.0 Å². The summed E-state index contributed by atoms with van der Waals surface area (Å²) in [5.74, 6) is 1.15. The minimum Gasteiger partial charge on any atom is -0.357 e. The van der Waals surface area contributed by atoms with E-state index in [1.807, 2.05) is 37.4 Å². The number of guanidine groups is 1. The van der Waals surface area contributed by atoms with Crippen molar-refractivity contribution in [3.8, 4) is 5.82 Å². The molecule has 3 rings (SSSR count). The predicted octanol–water partition coefficient (Wildman–Crippen LogP) is 2.66. The van der Waals surface area contributed by atoms with Gasteiger partial charge in [0.05, 0.1) is 6.54 Å².